The number of hydrogen-bond donors (Lipinski definition) is 2. The number of aryl methyl sites for hydroxylation is 1. The number of hydrogen-bond acceptors (Lipinski definition) is 2. The van der Waals surface area contributed by atoms with Crippen molar-refractivity contribution in [3.63, 3.8) is 0 Å². The van der Waals surface area contributed by atoms with E-state index in [-0.39, 0.29) is 11.9 Å². The number of H-pyrrole nitrogens is 1. The highest BCUT2D eigenvalue weighted by Crippen LogP contribution is 2.14. The molecular weight excluding hydrogens is 217 g/mol. The van der Waals surface area contributed by atoms with Gasteiger partial charge < -0.3 is 5.32 Å². The largest absolute Gasteiger partial charge is 0.306 e. The van der Waals surface area contributed by atoms with E-state index in [4.69, 9.17) is 0 Å². The van der Waals surface area contributed by atoms with Gasteiger partial charge in [-0.15, -0.1) is 0 Å². The minimum Gasteiger partial charge on any atom is -0.306 e. The Labute approximate surface area is 100 Å². The molecule has 2 N–H and O–H groups in total. The van der Waals surface area contributed by atoms with Gasteiger partial charge >= 0.3 is 0 Å². The van der Waals surface area contributed by atoms with E-state index in [0.717, 1.165) is 23.4 Å². The van der Waals surface area contributed by atoms with Gasteiger partial charge in [0.1, 0.15) is 5.82 Å². The minimum absolute atomic E-state index is 0.185. The van der Waals surface area contributed by atoms with Gasteiger partial charge in [0, 0.05) is 23.8 Å². The lowest BCUT2D eigenvalue weighted by Gasteiger charge is -2.13. The molecule has 0 aliphatic heterocycles. The Bertz CT molecular complexity index is 476. The number of aromatic amines is 1. The van der Waals surface area contributed by atoms with Gasteiger partial charge in [-0.1, -0.05) is 12.1 Å². The third-order valence-electron chi connectivity index (χ3n) is 2.90. The zero-order valence-corrected chi connectivity index (χ0v) is 10.00. The van der Waals surface area contributed by atoms with E-state index in [2.05, 4.69) is 22.4 Å². The van der Waals surface area contributed by atoms with Crippen molar-refractivity contribution in [2.24, 2.45) is 0 Å². The van der Waals surface area contributed by atoms with Crippen LogP contribution in [0.25, 0.3) is 0 Å². The summed E-state index contributed by atoms with van der Waals surface area (Å²) in [6.07, 6.45) is 1.82. The molecule has 3 nitrogen and oxygen atoms in total. The predicted octanol–water partition coefficient (Wildman–Crippen LogP) is 2.71. The quantitative estimate of drug-likeness (QED) is 0.852. The highest BCUT2D eigenvalue weighted by atomic mass is 19.1. The molecule has 0 fully saturated rings. The van der Waals surface area contributed by atoms with E-state index in [9.17, 15) is 4.39 Å². The maximum absolute atomic E-state index is 12.8. The molecular formula is C13H16FN3. The minimum atomic E-state index is -0.202. The van der Waals surface area contributed by atoms with Crippen molar-refractivity contribution >= 4 is 0 Å². The summed E-state index contributed by atoms with van der Waals surface area (Å²) in [7, 11) is 0. The van der Waals surface area contributed by atoms with Crippen LogP contribution in [0.15, 0.2) is 30.5 Å². The molecule has 4 heteroatoms. The molecule has 0 saturated carbocycles. The Kier molecular flexibility index (Phi) is 3.54. The first kappa shape index (κ1) is 11.8. The molecule has 1 atom stereocenters. The number of halogens is 1. The molecule has 0 unspecified atom stereocenters. The Morgan fingerprint density at radius 3 is 2.65 bits per heavy atom. The van der Waals surface area contributed by atoms with Crippen molar-refractivity contribution in [1.29, 1.82) is 0 Å². The molecule has 0 bridgehead atoms. The molecule has 2 aromatic rings. The lowest BCUT2D eigenvalue weighted by atomic mass is 10.1. The summed E-state index contributed by atoms with van der Waals surface area (Å²) < 4.78 is 12.8. The Balaban J connectivity index is 1.95. The van der Waals surface area contributed by atoms with Gasteiger partial charge in [-0.05, 0) is 31.5 Å². The molecule has 1 aromatic heterocycles. The van der Waals surface area contributed by atoms with Crippen LogP contribution in [0, 0.1) is 12.7 Å². The molecule has 2 rings (SSSR count). The van der Waals surface area contributed by atoms with Gasteiger partial charge in [0.05, 0.1) is 6.20 Å². The molecule has 0 spiro atoms. The summed E-state index contributed by atoms with van der Waals surface area (Å²) in [4.78, 5) is 0. The summed E-state index contributed by atoms with van der Waals surface area (Å²) in [6.45, 7) is 4.80. The summed E-state index contributed by atoms with van der Waals surface area (Å²) in [5.41, 5.74) is 3.30. The molecule has 1 aromatic carbocycles. The maximum atomic E-state index is 12.8. The second kappa shape index (κ2) is 5.10. The summed E-state index contributed by atoms with van der Waals surface area (Å²) in [5.74, 6) is -0.202. The van der Waals surface area contributed by atoms with Crippen molar-refractivity contribution < 1.29 is 4.39 Å². The molecule has 1 heterocycles. The maximum Gasteiger partial charge on any atom is 0.123 e. The third-order valence-corrected chi connectivity index (χ3v) is 2.90. The highest BCUT2D eigenvalue weighted by Gasteiger charge is 2.06. The van der Waals surface area contributed by atoms with Gasteiger partial charge in [-0.2, -0.15) is 5.10 Å². The Hall–Kier alpha value is -1.68. The smallest absolute Gasteiger partial charge is 0.123 e. The fourth-order valence-electron chi connectivity index (χ4n) is 1.69. The number of rotatable bonds is 4. The van der Waals surface area contributed by atoms with Crippen LogP contribution in [0.5, 0.6) is 0 Å². The van der Waals surface area contributed by atoms with Crippen LogP contribution >= 0.6 is 0 Å². The van der Waals surface area contributed by atoms with Crippen LogP contribution in [0.3, 0.4) is 0 Å². The summed E-state index contributed by atoms with van der Waals surface area (Å²) in [6, 6.07) is 6.75. The topological polar surface area (TPSA) is 40.7 Å². The fourth-order valence-corrected chi connectivity index (χ4v) is 1.69. The van der Waals surface area contributed by atoms with Crippen LogP contribution in [0.1, 0.15) is 29.8 Å². The molecule has 0 aliphatic carbocycles. The normalized spacial score (nSPS) is 12.6. The zero-order valence-electron chi connectivity index (χ0n) is 10.00. The molecule has 0 radical (unpaired) electrons. The van der Waals surface area contributed by atoms with Crippen molar-refractivity contribution in [3.05, 3.63) is 53.1 Å². The van der Waals surface area contributed by atoms with Gasteiger partial charge in [0.15, 0.2) is 0 Å². The zero-order chi connectivity index (χ0) is 12.3. The Morgan fingerprint density at radius 1 is 1.35 bits per heavy atom. The third kappa shape index (κ3) is 2.91. The molecule has 0 aliphatic rings. The summed E-state index contributed by atoms with van der Waals surface area (Å²) in [5, 5.41) is 10.2. The van der Waals surface area contributed by atoms with Crippen LogP contribution in [-0.4, -0.2) is 10.2 Å². The monoisotopic (exact) mass is 233 g/mol. The van der Waals surface area contributed by atoms with E-state index in [1.54, 1.807) is 12.1 Å². The molecule has 0 saturated heterocycles. The fraction of sp³-hybridized carbons (Fsp3) is 0.308. The molecule has 0 amide bonds. The number of nitrogens with zero attached hydrogens (tertiary/aromatic N) is 1. The Morgan fingerprint density at radius 2 is 2.06 bits per heavy atom. The first-order chi connectivity index (χ1) is 8.16. The van der Waals surface area contributed by atoms with Crippen molar-refractivity contribution in [2.75, 3.05) is 0 Å². The number of benzene rings is 1. The van der Waals surface area contributed by atoms with Gasteiger partial charge in [0.25, 0.3) is 0 Å². The van der Waals surface area contributed by atoms with Gasteiger partial charge in [-0.25, -0.2) is 4.39 Å². The average Bonchev–Trinajstić information content (AvgIpc) is 2.73. The van der Waals surface area contributed by atoms with Gasteiger partial charge in [-0.3, -0.25) is 5.10 Å². The second-order valence-electron chi connectivity index (χ2n) is 4.17. The van der Waals surface area contributed by atoms with E-state index in [0.29, 0.717) is 0 Å². The standard InChI is InChI=1S/C13H16FN3/c1-9(11-3-5-13(14)6-4-11)15-7-12-8-16-17-10(12)2/h3-6,8-9,15H,7H2,1-2H3,(H,16,17)/t9-/m1/s1. The SMILES string of the molecule is Cc1[nH]ncc1CN[C@H](C)c1ccc(F)cc1. The lowest BCUT2D eigenvalue weighted by molar-refractivity contribution is 0.570. The van der Waals surface area contributed by atoms with E-state index in [1.807, 2.05) is 13.1 Å². The summed E-state index contributed by atoms with van der Waals surface area (Å²) >= 11 is 0. The first-order valence-corrected chi connectivity index (χ1v) is 5.64. The van der Waals surface area contributed by atoms with Crippen LogP contribution < -0.4 is 5.32 Å². The van der Waals surface area contributed by atoms with Gasteiger partial charge in [0.2, 0.25) is 0 Å². The van der Waals surface area contributed by atoms with E-state index < -0.39 is 0 Å². The van der Waals surface area contributed by atoms with E-state index in [1.165, 1.54) is 12.1 Å². The van der Waals surface area contributed by atoms with E-state index >= 15 is 0 Å². The number of aromatic nitrogens is 2. The van der Waals surface area contributed by atoms with Crippen molar-refractivity contribution in [3.8, 4) is 0 Å². The molecule has 17 heavy (non-hydrogen) atoms. The van der Waals surface area contributed by atoms with Crippen molar-refractivity contribution in [1.82, 2.24) is 15.5 Å². The highest BCUT2D eigenvalue weighted by molar-refractivity contribution is 5.20. The lowest BCUT2D eigenvalue weighted by Crippen LogP contribution is -2.18. The van der Waals surface area contributed by atoms with Crippen LogP contribution in [0.2, 0.25) is 0 Å². The van der Waals surface area contributed by atoms with Crippen molar-refractivity contribution in [2.45, 2.75) is 26.4 Å². The average molecular weight is 233 g/mol. The van der Waals surface area contributed by atoms with Crippen LogP contribution in [-0.2, 0) is 6.54 Å². The predicted molar refractivity (Wildman–Crippen MR) is 65.0 cm³/mol. The first-order valence-electron chi connectivity index (χ1n) is 5.64. The van der Waals surface area contributed by atoms with Crippen LogP contribution in [0.4, 0.5) is 4.39 Å². The number of nitrogens with one attached hydrogen (secondary N) is 2. The molecule has 90 valence electrons. The second-order valence-corrected chi connectivity index (χ2v) is 4.17.